The van der Waals surface area contributed by atoms with E-state index in [-0.39, 0.29) is 17.9 Å². The maximum atomic E-state index is 12.0. The largest absolute Gasteiger partial charge is 0.481 e. The molecule has 0 aromatic carbocycles. The number of nitrogens with one attached hydrogen (secondary N) is 1. The predicted octanol–water partition coefficient (Wildman–Crippen LogP) is 2.11. The van der Waals surface area contributed by atoms with Gasteiger partial charge >= 0.3 is 5.97 Å². The Hall–Kier alpha value is -1.10. The third kappa shape index (κ3) is 7.46. The zero-order chi connectivity index (χ0) is 15.8. The second-order valence-electron chi connectivity index (χ2n) is 6.68. The number of likely N-dealkylation sites (tertiary alicyclic amines) is 1. The highest BCUT2D eigenvalue weighted by atomic mass is 16.4. The number of carboxylic acids is 1. The Labute approximate surface area is 128 Å². The van der Waals surface area contributed by atoms with Crippen molar-refractivity contribution in [2.24, 2.45) is 11.8 Å². The Morgan fingerprint density at radius 2 is 1.81 bits per heavy atom. The van der Waals surface area contributed by atoms with Crippen molar-refractivity contribution < 1.29 is 14.7 Å². The minimum absolute atomic E-state index is 0.0563. The minimum atomic E-state index is -0.710. The number of amides is 1. The molecule has 1 unspecified atom stereocenters. The summed E-state index contributed by atoms with van der Waals surface area (Å²) >= 11 is 0. The van der Waals surface area contributed by atoms with E-state index in [2.05, 4.69) is 31.0 Å². The molecule has 1 fully saturated rings. The molecule has 0 radical (unpaired) electrons. The number of hydrogen-bond acceptors (Lipinski definition) is 3. The highest BCUT2D eigenvalue weighted by Gasteiger charge is 2.25. The van der Waals surface area contributed by atoms with Gasteiger partial charge in [-0.2, -0.15) is 0 Å². The van der Waals surface area contributed by atoms with Gasteiger partial charge in [-0.05, 0) is 45.2 Å². The number of nitrogens with zero attached hydrogens (tertiary/aromatic N) is 1. The van der Waals surface area contributed by atoms with Gasteiger partial charge in [0.25, 0.3) is 0 Å². The van der Waals surface area contributed by atoms with E-state index >= 15 is 0 Å². The van der Waals surface area contributed by atoms with Gasteiger partial charge in [-0.1, -0.05) is 26.7 Å². The van der Waals surface area contributed by atoms with E-state index in [0.29, 0.717) is 38.4 Å². The van der Waals surface area contributed by atoms with Gasteiger partial charge < -0.3 is 10.4 Å². The van der Waals surface area contributed by atoms with Gasteiger partial charge in [0, 0.05) is 6.04 Å². The lowest BCUT2D eigenvalue weighted by Crippen LogP contribution is -2.44. The van der Waals surface area contributed by atoms with Crippen LogP contribution in [0.1, 0.15) is 52.9 Å². The zero-order valence-electron chi connectivity index (χ0n) is 13.6. The van der Waals surface area contributed by atoms with Crippen molar-refractivity contribution in [3.63, 3.8) is 0 Å². The fourth-order valence-corrected chi connectivity index (χ4v) is 2.77. The van der Waals surface area contributed by atoms with Crippen LogP contribution in [0.15, 0.2) is 0 Å². The van der Waals surface area contributed by atoms with E-state index < -0.39 is 5.97 Å². The molecule has 0 aromatic rings. The van der Waals surface area contributed by atoms with E-state index in [9.17, 15) is 9.59 Å². The van der Waals surface area contributed by atoms with Crippen LogP contribution in [-0.4, -0.2) is 47.6 Å². The summed E-state index contributed by atoms with van der Waals surface area (Å²) in [6.07, 6.45) is 4.65. The fourth-order valence-electron chi connectivity index (χ4n) is 2.77. The summed E-state index contributed by atoms with van der Waals surface area (Å²) in [6.45, 7) is 8.27. The molecule has 0 aromatic heterocycles. The van der Waals surface area contributed by atoms with Crippen molar-refractivity contribution in [2.45, 2.75) is 58.9 Å². The van der Waals surface area contributed by atoms with Gasteiger partial charge in [-0.3, -0.25) is 14.5 Å². The highest BCUT2D eigenvalue weighted by molar-refractivity contribution is 5.78. The molecule has 0 aliphatic carbocycles. The molecule has 1 rings (SSSR count). The summed E-state index contributed by atoms with van der Waals surface area (Å²) in [5.74, 6) is -0.179. The van der Waals surface area contributed by atoms with Gasteiger partial charge in [-0.15, -0.1) is 0 Å². The van der Waals surface area contributed by atoms with Crippen LogP contribution >= 0.6 is 0 Å². The van der Waals surface area contributed by atoms with E-state index in [1.54, 1.807) is 0 Å². The lowest BCUT2D eigenvalue weighted by molar-refractivity contribution is -0.143. The molecule has 21 heavy (non-hydrogen) atoms. The molecular formula is C16H30N2O3. The predicted molar refractivity (Wildman–Crippen MR) is 83.1 cm³/mol. The van der Waals surface area contributed by atoms with Crippen molar-refractivity contribution in [3.05, 3.63) is 0 Å². The molecule has 0 spiro atoms. The molecule has 5 nitrogen and oxygen atoms in total. The summed E-state index contributed by atoms with van der Waals surface area (Å²) in [4.78, 5) is 24.9. The molecule has 1 saturated heterocycles. The van der Waals surface area contributed by atoms with Gasteiger partial charge in [0.15, 0.2) is 0 Å². The number of hydrogen-bond donors (Lipinski definition) is 2. The number of aliphatic carboxylic acids is 1. The van der Waals surface area contributed by atoms with Crippen molar-refractivity contribution in [3.8, 4) is 0 Å². The molecule has 2 N–H and O–H groups in total. The Morgan fingerprint density at radius 3 is 2.33 bits per heavy atom. The lowest BCUT2D eigenvalue weighted by atomic mass is 9.97. The number of rotatable bonds is 8. The van der Waals surface area contributed by atoms with Crippen molar-refractivity contribution in [1.82, 2.24) is 10.2 Å². The average Bonchev–Trinajstić information content (AvgIpc) is 2.38. The Balaban J connectivity index is 2.17. The van der Waals surface area contributed by atoms with Crippen LogP contribution < -0.4 is 5.32 Å². The van der Waals surface area contributed by atoms with E-state index in [0.717, 1.165) is 12.8 Å². The molecule has 1 aliphatic rings. The van der Waals surface area contributed by atoms with Crippen LogP contribution in [0.4, 0.5) is 0 Å². The molecule has 122 valence electrons. The standard InChI is InChI=1S/C16H30N2O3/c1-12(2)5-4-6-13(3)17-15(19)11-18-9-7-14(8-10-18)16(20)21/h12-14H,4-11H2,1-3H3,(H,17,19)(H,20,21). The molecule has 1 amide bonds. The Kier molecular flexibility index (Phi) is 7.72. The van der Waals surface area contributed by atoms with Gasteiger partial charge in [0.1, 0.15) is 0 Å². The van der Waals surface area contributed by atoms with E-state index in [4.69, 9.17) is 5.11 Å². The summed E-state index contributed by atoms with van der Waals surface area (Å²) in [5, 5.41) is 12.0. The van der Waals surface area contributed by atoms with Crippen LogP contribution in [-0.2, 0) is 9.59 Å². The molecule has 1 heterocycles. The number of carbonyl (C=O) groups excluding carboxylic acids is 1. The van der Waals surface area contributed by atoms with Crippen molar-refractivity contribution >= 4 is 11.9 Å². The van der Waals surface area contributed by atoms with E-state index in [1.165, 1.54) is 6.42 Å². The Morgan fingerprint density at radius 1 is 1.19 bits per heavy atom. The van der Waals surface area contributed by atoms with Crippen molar-refractivity contribution in [2.75, 3.05) is 19.6 Å². The molecule has 1 aliphatic heterocycles. The maximum absolute atomic E-state index is 12.0. The first-order valence-electron chi connectivity index (χ1n) is 8.13. The lowest BCUT2D eigenvalue weighted by Gasteiger charge is -2.29. The number of carboxylic acid groups (broad SMARTS) is 1. The normalized spacial score (nSPS) is 18.7. The zero-order valence-corrected chi connectivity index (χ0v) is 13.6. The van der Waals surface area contributed by atoms with Crippen molar-refractivity contribution in [1.29, 1.82) is 0 Å². The van der Waals surface area contributed by atoms with Crippen LogP contribution in [0.2, 0.25) is 0 Å². The molecule has 0 saturated carbocycles. The van der Waals surface area contributed by atoms with Gasteiger partial charge in [0.05, 0.1) is 12.5 Å². The van der Waals surface area contributed by atoms with Crippen LogP contribution in [0.5, 0.6) is 0 Å². The fraction of sp³-hybridized carbons (Fsp3) is 0.875. The molecule has 1 atom stereocenters. The maximum Gasteiger partial charge on any atom is 0.306 e. The second kappa shape index (κ2) is 9.03. The van der Waals surface area contributed by atoms with E-state index in [1.807, 2.05) is 0 Å². The molecule has 5 heteroatoms. The first-order valence-corrected chi connectivity index (χ1v) is 8.13. The monoisotopic (exact) mass is 298 g/mol. The third-order valence-corrected chi connectivity index (χ3v) is 4.13. The first kappa shape index (κ1) is 18.0. The van der Waals surface area contributed by atoms with Crippen LogP contribution in [0.3, 0.4) is 0 Å². The topological polar surface area (TPSA) is 69.6 Å². The van der Waals surface area contributed by atoms with Gasteiger partial charge in [0.2, 0.25) is 5.91 Å². The summed E-state index contributed by atoms with van der Waals surface area (Å²) in [5.41, 5.74) is 0. The highest BCUT2D eigenvalue weighted by Crippen LogP contribution is 2.16. The quantitative estimate of drug-likeness (QED) is 0.720. The number of piperidine rings is 1. The van der Waals surface area contributed by atoms with Crippen LogP contribution in [0.25, 0.3) is 0 Å². The third-order valence-electron chi connectivity index (χ3n) is 4.13. The smallest absolute Gasteiger partial charge is 0.306 e. The minimum Gasteiger partial charge on any atom is -0.481 e. The SMILES string of the molecule is CC(C)CCCC(C)NC(=O)CN1CCC(C(=O)O)CC1. The average molecular weight is 298 g/mol. The summed E-state index contributed by atoms with van der Waals surface area (Å²) < 4.78 is 0. The molecule has 0 bridgehead atoms. The Bertz CT molecular complexity index is 336. The summed E-state index contributed by atoms with van der Waals surface area (Å²) in [7, 11) is 0. The molecular weight excluding hydrogens is 268 g/mol. The van der Waals surface area contributed by atoms with Gasteiger partial charge in [-0.25, -0.2) is 0 Å². The summed E-state index contributed by atoms with van der Waals surface area (Å²) in [6, 6.07) is 0.216. The first-order chi connectivity index (χ1) is 9.88. The number of carbonyl (C=O) groups is 2. The van der Waals surface area contributed by atoms with Crippen LogP contribution in [0, 0.1) is 11.8 Å². The second-order valence-corrected chi connectivity index (χ2v) is 6.68.